The molecule has 0 saturated carbocycles. The second kappa shape index (κ2) is 3.59. The van der Waals surface area contributed by atoms with E-state index in [1.807, 2.05) is 17.5 Å². The fourth-order valence-corrected chi connectivity index (χ4v) is 1.84. The fourth-order valence-electron chi connectivity index (χ4n) is 1.13. The van der Waals surface area contributed by atoms with Crippen LogP contribution in [0.25, 0.3) is 10.4 Å². The molecule has 0 spiro atoms. The molecule has 2 aromatic heterocycles. The van der Waals surface area contributed by atoms with Gasteiger partial charge in [-0.05, 0) is 17.5 Å². The fraction of sp³-hybridized carbons (Fsp3) is 0. The van der Waals surface area contributed by atoms with Gasteiger partial charge in [0.05, 0.1) is 5.97 Å². The number of aromatic carboxylic acids is 1. The van der Waals surface area contributed by atoms with Crippen LogP contribution in [0.3, 0.4) is 0 Å². The lowest BCUT2D eigenvalue weighted by atomic mass is 10.2. The number of aromatic nitrogens is 1. The molecule has 0 amide bonds. The number of rotatable bonds is 2. The predicted molar refractivity (Wildman–Crippen MR) is 51.9 cm³/mol. The smallest absolute Gasteiger partial charge is 0.0731 e. The van der Waals surface area contributed by atoms with Crippen molar-refractivity contribution < 1.29 is 9.90 Å². The van der Waals surface area contributed by atoms with Gasteiger partial charge in [-0.2, -0.15) is 0 Å². The van der Waals surface area contributed by atoms with Gasteiger partial charge in [0, 0.05) is 28.4 Å². The summed E-state index contributed by atoms with van der Waals surface area (Å²) in [7, 11) is 0. The van der Waals surface area contributed by atoms with Crippen molar-refractivity contribution in [2.45, 2.75) is 0 Å². The van der Waals surface area contributed by atoms with Crippen LogP contribution in [-0.2, 0) is 0 Å². The summed E-state index contributed by atoms with van der Waals surface area (Å²) in [6, 6.07) is 5.39. The minimum Gasteiger partial charge on any atom is -0.545 e. The standard InChI is InChI=1S/C10H7NO2S/c12-10(13)8-4-7(5-11-6-8)9-2-1-3-14-9/h1-6H,(H,12,13)/p-1. The average molecular weight is 204 g/mol. The van der Waals surface area contributed by atoms with Crippen LogP contribution in [0.15, 0.2) is 36.0 Å². The Bertz CT molecular complexity index is 451. The van der Waals surface area contributed by atoms with E-state index in [-0.39, 0.29) is 5.56 Å². The number of thiophene rings is 1. The molecule has 0 aliphatic rings. The number of pyridine rings is 1. The van der Waals surface area contributed by atoms with Crippen molar-refractivity contribution in [2.24, 2.45) is 0 Å². The molecule has 70 valence electrons. The molecule has 0 aliphatic heterocycles. The molecule has 0 saturated heterocycles. The van der Waals surface area contributed by atoms with Crippen LogP contribution < -0.4 is 5.11 Å². The van der Waals surface area contributed by atoms with Crippen LogP contribution in [0.5, 0.6) is 0 Å². The summed E-state index contributed by atoms with van der Waals surface area (Å²) in [4.78, 5) is 15.4. The van der Waals surface area contributed by atoms with E-state index in [1.54, 1.807) is 23.6 Å². The Morgan fingerprint density at radius 1 is 1.43 bits per heavy atom. The van der Waals surface area contributed by atoms with Gasteiger partial charge in [0.1, 0.15) is 0 Å². The first-order valence-electron chi connectivity index (χ1n) is 3.97. The number of carboxylic acid groups (broad SMARTS) is 1. The van der Waals surface area contributed by atoms with Gasteiger partial charge in [0.15, 0.2) is 0 Å². The largest absolute Gasteiger partial charge is 0.545 e. The minimum atomic E-state index is -1.20. The van der Waals surface area contributed by atoms with E-state index < -0.39 is 5.97 Å². The van der Waals surface area contributed by atoms with Crippen LogP contribution >= 0.6 is 11.3 Å². The maximum atomic E-state index is 10.6. The first-order valence-corrected chi connectivity index (χ1v) is 4.85. The molecule has 0 N–H and O–H groups in total. The van der Waals surface area contributed by atoms with E-state index in [0.717, 1.165) is 10.4 Å². The van der Waals surface area contributed by atoms with Gasteiger partial charge in [-0.15, -0.1) is 11.3 Å². The second-order valence-corrected chi connectivity index (χ2v) is 3.67. The molecule has 4 heteroatoms. The number of carbonyl (C=O) groups is 1. The van der Waals surface area contributed by atoms with Gasteiger partial charge in [-0.3, -0.25) is 4.98 Å². The summed E-state index contributed by atoms with van der Waals surface area (Å²) in [5.74, 6) is -1.20. The normalized spacial score (nSPS) is 10.0. The lowest BCUT2D eigenvalue weighted by Gasteiger charge is -2.02. The Morgan fingerprint density at radius 2 is 2.29 bits per heavy atom. The molecule has 0 radical (unpaired) electrons. The quantitative estimate of drug-likeness (QED) is 0.738. The van der Waals surface area contributed by atoms with Crippen molar-refractivity contribution in [3.05, 3.63) is 41.5 Å². The van der Waals surface area contributed by atoms with Crippen molar-refractivity contribution in [3.63, 3.8) is 0 Å². The number of carbonyl (C=O) groups excluding carboxylic acids is 1. The maximum Gasteiger partial charge on any atom is 0.0731 e. The Hall–Kier alpha value is -1.68. The van der Waals surface area contributed by atoms with E-state index in [4.69, 9.17) is 0 Å². The molecule has 14 heavy (non-hydrogen) atoms. The van der Waals surface area contributed by atoms with Crippen molar-refractivity contribution >= 4 is 17.3 Å². The topological polar surface area (TPSA) is 53.0 Å². The van der Waals surface area contributed by atoms with E-state index in [0.29, 0.717) is 0 Å². The van der Waals surface area contributed by atoms with Gasteiger partial charge in [-0.1, -0.05) is 6.07 Å². The zero-order chi connectivity index (χ0) is 9.97. The summed E-state index contributed by atoms with van der Waals surface area (Å²) in [5, 5.41) is 12.5. The van der Waals surface area contributed by atoms with Crippen molar-refractivity contribution in [2.75, 3.05) is 0 Å². The molecule has 0 fully saturated rings. The van der Waals surface area contributed by atoms with Gasteiger partial charge >= 0.3 is 0 Å². The second-order valence-electron chi connectivity index (χ2n) is 2.73. The first kappa shape index (κ1) is 8.90. The van der Waals surface area contributed by atoms with E-state index >= 15 is 0 Å². The molecular weight excluding hydrogens is 198 g/mol. The number of hydrogen-bond acceptors (Lipinski definition) is 4. The molecule has 3 nitrogen and oxygen atoms in total. The molecule has 0 bridgehead atoms. The predicted octanol–water partition coefficient (Wildman–Crippen LogP) is 1.17. The van der Waals surface area contributed by atoms with Crippen LogP contribution in [0, 0.1) is 0 Å². The molecule has 2 aromatic rings. The highest BCUT2D eigenvalue weighted by atomic mass is 32.1. The third-order valence-electron chi connectivity index (χ3n) is 1.78. The Balaban J connectivity index is 2.46. The lowest BCUT2D eigenvalue weighted by Crippen LogP contribution is -2.22. The third-order valence-corrected chi connectivity index (χ3v) is 2.70. The van der Waals surface area contributed by atoms with Gasteiger partial charge in [0.25, 0.3) is 0 Å². The first-order chi connectivity index (χ1) is 6.77. The summed E-state index contributed by atoms with van der Waals surface area (Å²) in [6.07, 6.45) is 2.92. The maximum absolute atomic E-state index is 10.6. The highest BCUT2D eigenvalue weighted by Gasteiger charge is 2.00. The number of hydrogen-bond donors (Lipinski definition) is 0. The SMILES string of the molecule is O=C([O-])c1cncc(-c2cccs2)c1. The van der Waals surface area contributed by atoms with E-state index in [2.05, 4.69) is 4.98 Å². The Kier molecular flexibility index (Phi) is 2.28. The summed E-state index contributed by atoms with van der Waals surface area (Å²) in [5.41, 5.74) is 0.914. The van der Waals surface area contributed by atoms with Crippen molar-refractivity contribution in [1.82, 2.24) is 4.98 Å². The van der Waals surface area contributed by atoms with Crippen LogP contribution in [0.2, 0.25) is 0 Å². The molecule has 0 atom stereocenters. The summed E-state index contributed by atoms with van der Waals surface area (Å²) in [6.45, 7) is 0. The van der Waals surface area contributed by atoms with Crippen LogP contribution in [0.4, 0.5) is 0 Å². The molecule has 0 unspecified atom stereocenters. The highest BCUT2D eigenvalue weighted by molar-refractivity contribution is 7.13. The summed E-state index contributed by atoms with van der Waals surface area (Å²) < 4.78 is 0. The third kappa shape index (κ3) is 1.65. The average Bonchev–Trinajstić information content (AvgIpc) is 2.71. The van der Waals surface area contributed by atoms with Crippen LogP contribution in [0.1, 0.15) is 10.4 Å². The van der Waals surface area contributed by atoms with Gasteiger partial charge in [-0.25, -0.2) is 0 Å². The Morgan fingerprint density at radius 3 is 2.93 bits per heavy atom. The summed E-state index contributed by atoms with van der Waals surface area (Å²) >= 11 is 1.54. The zero-order valence-corrected chi connectivity index (χ0v) is 7.95. The molecule has 0 aliphatic carbocycles. The highest BCUT2D eigenvalue weighted by Crippen LogP contribution is 2.24. The number of nitrogens with zero attached hydrogens (tertiary/aromatic N) is 1. The minimum absolute atomic E-state index is 0.107. The van der Waals surface area contributed by atoms with Crippen molar-refractivity contribution in [3.8, 4) is 10.4 Å². The van der Waals surface area contributed by atoms with Crippen LogP contribution in [-0.4, -0.2) is 11.0 Å². The molecule has 0 aromatic carbocycles. The monoisotopic (exact) mass is 204 g/mol. The van der Waals surface area contributed by atoms with Gasteiger partial charge < -0.3 is 9.90 Å². The molecular formula is C10H6NO2S-. The van der Waals surface area contributed by atoms with E-state index in [1.165, 1.54) is 6.20 Å². The molecule has 2 rings (SSSR count). The zero-order valence-electron chi connectivity index (χ0n) is 7.14. The lowest BCUT2D eigenvalue weighted by molar-refractivity contribution is -0.255. The molecule has 2 heterocycles. The van der Waals surface area contributed by atoms with Crippen molar-refractivity contribution in [1.29, 1.82) is 0 Å². The number of carboxylic acids is 1. The Labute approximate surface area is 84.7 Å². The van der Waals surface area contributed by atoms with E-state index in [9.17, 15) is 9.90 Å². The van der Waals surface area contributed by atoms with Gasteiger partial charge in [0.2, 0.25) is 0 Å².